The Morgan fingerprint density at radius 1 is 1.21 bits per heavy atom. The third kappa shape index (κ3) is 1.87. The van der Waals surface area contributed by atoms with Crippen molar-refractivity contribution in [3.05, 3.63) is 30.4 Å². The van der Waals surface area contributed by atoms with E-state index in [9.17, 15) is 13.2 Å². The van der Waals surface area contributed by atoms with E-state index < -0.39 is 11.9 Å². The molecule has 0 spiro atoms. The molecule has 2 aromatic heterocycles. The van der Waals surface area contributed by atoms with Gasteiger partial charge in [-0.25, -0.2) is 9.97 Å². The number of hydrogen-bond donors (Lipinski definition) is 0. The average Bonchev–Trinajstić information content (AvgIpc) is 2.47. The third-order valence-electron chi connectivity index (χ3n) is 1.55. The van der Waals surface area contributed by atoms with Gasteiger partial charge in [0.15, 0.2) is 0 Å². The van der Waals surface area contributed by atoms with E-state index >= 15 is 0 Å². The molecule has 0 saturated carbocycles. The van der Waals surface area contributed by atoms with Gasteiger partial charge in [-0.1, -0.05) is 0 Å². The third-order valence-corrected chi connectivity index (χ3v) is 1.55. The maximum absolute atomic E-state index is 12.1. The first-order chi connectivity index (χ1) is 6.07. The maximum Gasteiger partial charge on any atom is 0.433 e. The highest BCUT2D eigenvalue weighted by Crippen LogP contribution is 2.27. The van der Waals surface area contributed by atoms with Crippen molar-refractivity contribution < 1.29 is 13.2 Å². The van der Waals surface area contributed by atoms with Crippen molar-refractivity contribution in [2.24, 2.45) is 0 Å². The number of rotatable bonds is 0. The Morgan fingerprint density at radius 3 is 2.57 bits per heavy atom. The van der Waals surface area contributed by atoms with Gasteiger partial charge < -0.3 is 0 Å². The second-order valence-corrected chi connectivity index (χ2v) is 2.45. The Hall–Kier alpha value is -1.11. The molecule has 0 atom stereocenters. The van der Waals surface area contributed by atoms with Crippen molar-refractivity contribution in [1.29, 1.82) is 0 Å². The predicted molar refractivity (Wildman–Crippen MR) is 48.3 cm³/mol. The van der Waals surface area contributed by atoms with Crippen molar-refractivity contribution in [2.75, 3.05) is 0 Å². The minimum absolute atomic E-state index is 0. The topological polar surface area (TPSA) is 30.2 Å². The van der Waals surface area contributed by atoms with E-state index in [0.29, 0.717) is 0 Å². The first-order valence-electron chi connectivity index (χ1n) is 3.44. The largest absolute Gasteiger partial charge is 0.433 e. The van der Waals surface area contributed by atoms with Gasteiger partial charge in [0.25, 0.3) is 0 Å². The zero-order chi connectivity index (χ0) is 9.47. The van der Waals surface area contributed by atoms with Crippen molar-refractivity contribution in [2.45, 2.75) is 6.18 Å². The Balaban J connectivity index is 0.000000980. The molecular weight excluding hydrogens is 263 g/mol. The van der Waals surface area contributed by atoms with Gasteiger partial charge in [-0.05, 0) is 6.07 Å². The molecule has 3 nitrogen and oxygen atoms in total. The molecule has 0 unspecified atom stereocenters. The molecule has 0 bridgehead atoms. The van der Waals surface area contributed by atoms with Gasteiger partial charge in [0.05, 0.1) is 0 Å². The summed E-state index contributed by atoms with van der Waals surface area (Å²) in [6.07, 6.45) is -0.211. The van der Waals surface area contributed by atoms with E-state index in [1.807, 2.05) is 0 Å². The molecule has 14 heavy (non-hydrogen) atoms. The summed E-state index contributed by atoms with van der Waals surface area (Å²) in [5.74, 6) is 0.0508. The number of fused-ring (bicyclic) bond motifs is 1. The highest BCUT2D eigenvalue weighted by Gasteiger charge is 2.32. The van der Waals surface area contributed by atoms with Crippen LogP contribution >= 0.6 is 17.0 Å². The van der Waals surface area contributed by atoms with Crippen LogP contribution in [0.25, 0.3) is 5.78 Å². The lowest BCUT2D eigenvalue weighted by molar-refractivity contribution is -0.141. The SMILES string of the molecule is Br.FC(F)(F)c1ccn2ccnc2n1. The van der Waals surface area contributed by atoms with E-state index in [0.717, 1.165) is 6.07 Å². The molecule has 0 N–H and O–H groups in total. The summed E-state index contributed by atoms with van der Waals surface area (Å²) in [7, 11) is 0. The Labute approximate surface area is 87.4 Å². The average molecular weight is 268 g/mol. The fraction of sp³-hybridized carbons (Fsp3) is 0.143. The zero-order valence-corrected chi connectivity index (χ0v) is 8.41. The maximum atomic E-state index is 12.1. The fourth-order valence-corrected chi connectivity index (χ4v) is 0.962. The van der Waals surface area contributed by atoms with Gasteiger partial charge in [-0.2, -0.15) is 13.2 Å². The van der Waals surface area contributed by atoms with E-state index in [-0.39, 0.29) is 22.8 Å². The number of nitrogens with zero attached hydrogens (tertiary/aromatic N) is 3. The van der Waals surface area contributed by atoms with Crippen LogP contribution in [0.5, 0.6) is 0 Å². The van der Waals surface area contributed by atoms with Crippen LogP contribution in [0.15, 0.2) is 24.7 Å². The number of halogens is 4. The number of imidazole rings is 1. The van der Waals surface area contributed by atoms with E-state index in [4.69, 9.17) is 0 Å². The van der Waals surface area contributed by atoms with Crippen LogP contribution in [-0.4, -0.2) is 14.4 Å². The molecule has 0 saturated heterocycles. The van der Waals surface area contributed by atoms with Crippen LogP contribution in [-0.2, 0) is 6.18 Å². The normalized spacial score (nSPS) is 11.4. The predicted octanol–water partition coefficient (Wildman–Crippen LogP) is 2.33. The lowest BCUT2D eigenvalue weighted by Gasteiger charge is -2.04. The summed E-state index contributed by atoms with van der Waals surface area (Å²) in [6, 6.07) is 0.911. The summed E-state index contributed by atoms with van der Waals surface area (Å²) < 4.78 is 37.8. The van der Waals surface area contributed by atoms with Crippen LogP contribution in [0, 0.1) is 0 Å². The van der Waals surface area contributed by atoms with Crippen molar-refractivity contribution in [3.63, 3.8) is 0 Å². The molecule has 0 aromatic carbocycles. The molecule has 0 aliphatic carbocycles. The van der Waals surface area contributed by atoms with Crippen molar-refractivity contribution in [3.8, 4) is 0 Å². The Bertz CT molecular complexity index is 437. The number of aromatic nitrogens is 3. The molecule has 0 aliphatic rings. The Kier molecular flexibility index (Phi) is 2.79. The fourth-order valence-electron chi connectivity index (χ4n) is 0.962. The molecule has 2 rings (SSSR count). The van der Waals surface area contributed by atoms with Crippen LogP contribution in [0.2, 0.25) is 0 Å². The standard InChI is InChI=1S/C7H4F3N3.BrH/c8-7(9,10)5-1-3-13-4-2-11-6(13)12-5;/h1-4H;1H. The highest BCUT2D eigenvalue weighted by molar-refractivity contribution is 8.93. The monoisotopic (exact) mass is 267 g/mol. The van der Waals surface area contributed by atoms with Crippen LogP contribution in [0.4, 0.5) is 13.2 Å². The Morgan fingerprint density at radius 2 is 1.93 bits per heavy atom. The molecule has 76 valence electrons. The summed E-state index contributed by atoms with van der Waals surface area (Å²) in [5, 5.41) is 0. The summed E-state index contributed by atoms with van der Waals surface area (Å²) in [5.41, 5.74) is -0.925. The lowest BCUT2D eigenvalue weighted by atomic mass is 10.4. The molecule has 0 radical (unpaired) electrons. The van der Waals surface area contributed by atoms with Crippen LogP contribution < -0.4 is 0 Å². The molecular formula is C7H5BrF3N3. The number of alkyl halides is 3. The molecule has 7 heteroatoms. The van der Waals surface area contributed by atoms with Crippen molar-refractivity contribution >= 4 is 22.8 Å². The summed E-state index contributed by atoms with van der Waals surface area (Å²) >= 11 is 0. The van der Waals surface area contributed by atoms with E-state index in [2.05, 4.69) is 9.97 Å². The van der Waals surface area contributed by atoms with E-state index in [1.54, 1.807) is 0 Å². The quantitative estimate of drug-likeness (QED) is 0.734. The van der Waals surface area contributed by atoms with Crippen LogP contribution in [0.3, 0.4) is 0 Å². The second kappa shape index (κ2) is 3.56. The first kappa shape index (κ1) is 11.0. The first-order valence-corrected chi connectivity index (χ1v) is 3.44. The minimum Gasteiger partial charge on any atom is -0.291 e. The minimum atomic E-state index is -4.41. The van der Waals surface area contributed by atoms with Gasteiger partial charge in [0, 0.05) is 18.6 Å². The lowest BCUT2D eigenvalue weighted by Crippen LogP contribution is -2.08. The molecule has 0 fully saturated rings. The summed E-state index contributed by atoms with van der Waals surface area (Å²) in [4.78, 5) is 6.98. The van der Waals surface area contributed by atoms with Gasteiger partial charge in [-0.15, -0.1) is 17.0 Å². The van der Waals surface area contributed by atoms with Crippen LogP contribution in [0.1, 0.15) is 5.69 Å². The van der Waals surface area contributed by atoms with Gasteiger partial charge >= 0.3 is 6.18 Å². The van der Waals surface area contributed by atoms with E-state index in [1.165, 1.54) is 23.0 Å². The van der Waals surface area contributed by atoms with Gasteiger partial charge in [0.2, 0.25) is 5.78 Å². The molecule has 2 aromatic rings. The molecule has 2 heterocycles. The highest BCUT2D eigenvalue weighted by atomic mass is 79.9. The smallest absolute Gasteiger partial charge is 0.291 e. The van der Waals surface area contributed by atoms with Gasteiger partial charge in [-0.3, -0.25) is 4.40 Å². The molecule has 0 aliphatic heterocycles. The summed E-state index contributed by atoms with van der Waals surface area (Å²) in [6.45, 7) is 0. The van der Waals surface area contributed by atoms with Crippen molar-refractivity contribution in [1.82, 2.24) is 14.4 Å². The second-order valence-electron chi connectivity index (χ2n) is 2.45. The number of hydrogen-bond acceptors (Lipinski definition) is 2. The zero-order valence-electron chi connectivity index (χ0n) is 6.69. The molecule has 0 amide bonds. The van der Waals surface area contributed by atoms with Gasteiger partial charge in [0.1, 0.15) is 5.69 Å².